The molecule has 0 saturated heterocycles. The molecular formula is C10H14O6. The Labute approximate surface area is 92.3 Å². The fourth-order valence-corrected chi connectivity index (χ4v) is 2.13. The molecule has 2 unspecified atom stereocenters. The van der Waals surface area contributed by atoms with E-state index in [9.17, 15) is 9.59 Å². The van der Waals surface area contributed by atoms with Crippen molar-refractivity contribution in [3.8, 4) is 0 Å². The van der Waals surface area contributed by atoms with Crippen LogP contribution in [0.4, 0.5) is 0 Å². The molecular weight excluding hydrogens is 216 g/mol. The lowest BCUT2D eigenvalue weighted by atomic mass is 9.68. The Morgan fingerprint density at radius 2 is 2.12 bits per heavy atom. The zero-order valence-electron chi connectivity index (χ0n) is 8.88. The van der Waals surface area contributed by atoms with E-state index >= 15 is 0 Å². The van der Waals surface area contributed by atoms with Crippen molar-refractivity contribution in [3.63, 3.8) is 0 Å². The molecule has 0 aromatic rings. The van der Waals surface area contributed by atoms with Gasteiger partial charge in [0.1, 0.15) is 5.41 Å². The number of hydrogen-bond donors (Lipinski definition) is 2. The lowest BCUT2D eigenvalue weighted by Gasteiger charge is -2.34. The highest BCUT2D eigenvalue weighted by Crippen LogP contribution is 2.41. The molecule has 0 aliphatic heterocycles. The first-order valence-electron chi connectivity index (χ1n) is 5.01. The van der Waals surface area contributed by atoms with Crippen molar-refractivity contribution < 1.29 is 29.9 Å². The lowest BCUT2D eigenvalue weighted by Crippen LogP contribution is -2.43. The van der Waals surface area contributed by atoms with Gasteiger partial charge in [0.25, 0.3) is 0 Å². The van der Waals surface area contributed by atoms with Crippen molar-refractivity contribution in [1.29, 1.82) is 0 Å². The lowest BCUT2D eigenvalue weighted by molar-refractivity contribution is -0.256. The fourth-order valence-electron chi connectivity index (χ4n) is 2.13. The van der Waals surface area contributed by atoms with E-state index in [1.807, 2.05) is 0 Å². The largest absolute Gasteiger partial charge is 0.352 e. The molecule has 0 heterocycles. The van der Waals surface area contributed by atoms with Crippen LogP contribution in [0.2, 0.25) is 0 Å². The van der Waals surface area contributed by atoms with E-state index in [2.05, 4.69) is 9.78 Å². The molecule has 2 atom stereocenters. The number of carbonyl (C=O) groups is 2. The fraction of sp³-hybridized carbons (Fsp3) is 0.600. The molecule has 0 amide bonds. The zero-order chi connectivity index (χ0) is 12.2. The van der Waals surface area contributed by atoms with Gasteiger partial charge in [-0.15, -0.1) is 0 Å². The topological polar surface area (TPSA) is 93.1 Å². The summed E-state index contributed by atoms with van der Waals surface area (Å²) in [7, 11) is 0. The van der Waals surface area contributed by atoms with Gasteiger partial charge in [0.15, 0.2) is 0 Å². The predicted molar refractivity (Wildman–Crippen MR) is 52.0 cm³/mol. The third-order valence-corrected chi connectivity index (χ3v) is 3.08. The molecule has 1 rings (SSSR count). The van der Waals surface area contributed by atoms with Crippen LogP contribution < -0.4 is 0 Å². The third kappa shape index (κ3) is 1.94. The summed E-state index contributed by atoms with van der Waals surface area (Å²) in [5.74, 6) is -2.65. The van der Waals surface area contributed by atoms with Gasteiger partial charge in [0.05, 0.1) is 5.92 Å². The highest BCUT2D eigenvalue weighted by atomic mass is 17.1. The smallest absolute Gasteiger partial charge is 0.301 e. The third-order valence-electron chi connectivity index (χ3n) is 3.08. The number of hydrogen-bond acceptors (Lipinski definition) is 6. The summed E-state index contributed by atoms with van der Waals surface area (Å²) in [5.41, 5.74) is -1.26. The van der Waals surface area contributed by atoms with Gasteiger partial charge in [0.2, 0.25) is 0 Å². The van der Waals surface area contributed by atoms with Crippen LogP contribution in [0.1, 0.15) is 26.2 Å². The molecule has 0 aromatic heterocycles. The molecule has 0 aromatic carbocycles. The Hall–Kier alpha value is -1.40. The van der Waals surface area contributed by atoms with Crippen molar-refractivity contribution >= 4 is 11.9 Å². The summed E-state index contributed by atoms with van der Waals surface area (Å²) in [5, 5.41) is 16.8. The van der Waals surface area contributed by atoms with Gasteiger partial charge in [-0.1, -0.05) is 19.1 Å². The van der Waals surface area contributed by atoms with Crippen molar-refractivity contribution in [3.05, 3.63) is 12.2 Å². The standard InChI is InChI=1S/C10H14O6/c1-2-10(9(12)16-14)6-4-3-5-7(10)8(11)15-13/h4,6-7,13-14H,2-3,5H2,1H3. The monoisotopic (exact) mass is 230 g/mol. The summed E-state index contributed by atoms with van der Waals surface area (Å²) >= 11 is 0. The van der Waals surface area contributed by atoms with Crippen molar-refractivity contribution in [1.82, 2.24) is 0 Å². The van der Waals surface area contributed by atoms with Crippen LogP contribution in [0.3, 0.4) is 0 Å². The summed E-state index contributed by atoms with van der Waals surface area (Å²) in [6.45, 7) is 1.68. The van der Waals surface area contributed by atoms with Gasteiger partial charge in [-0.05, 0) is 19.3 Å². The molecule has 1 aliphatic carbocycles. The van der Waals surface area contributed by atoms with Gasteiger partial charge in [-0.2, -0.15) is 10.5 Å². The van der Waals surface area contributed by atoms with Crippen LogP contribution in [0.25, 0.3) is 0 Å². The molecule has 0 spiro atoms. The minimum Gasteiger partial charge on any atom is -0.301 e. The van der Waals surface area contributed by atoms with Gasteiger partial charge < -0.3 is 9.78 Å². The van der Waals surface area contributed by atoms with E-state index in [0.717, 1.165) is 0 Å². The molecule has 16 heavy (non-hydrogen) atoms. The molecule has 0 bridgehead atoms. The molecule has 2 N–H and O–H groups in total. The highest BCUT2D eigenvalue weighted by molar-refractivity contribution is 5.87. The van der Waals surface area contributed by atoms with Gasteiger partial charge in [0, 0.05) is 0 Å². The summed E-state index contributed by atoms with van der Waals surface area (Å²) in [4.78, 5) is 30.3. The van der Waals surface area contributed by atoms with Gasteiger partial charge >= 0.3 is 11.9 Å². The van der Waals surface area contributed by atoms with E-state index in [4.69, 9.17) is 10.5 Å². The van der Waals surface area contributed by atoms with Gasteiger partial charge in [-0.3, -0.25) is 0 Å². The van der Waals surface area contributed by atoms with E-state index in [0.29, 0.717) is 12.8 Å². The quantitative estimate of drug-likeness (QED) is 0.432. The predicted octanol–water partition coefficient (Wildman–Crippen LogP) is 1.38. The van der Waals surface area contributed by atoms with Crippen LogP contribution >= 0.6 is 0 Å². The SMILES string of the molecule is CCC1(C(=O)OO)C=CCCC1C(=O)OO. The molecule has 1 aliphatic rings. The highest BCUT2D eigenvalue weighted by Gasteiger charge is 2.49. The first-order valence-corrected chi connectivity index (χ1v) is 5.01. The molecule has 6 nitrogen and oxygen atoms in total. The summed E-state index contributed by atoms with van der Waals surface area (Å²) in [6, 6.07) is 0. The minimum absolute atomic E-state index is 0.267. The maximum Gasteiger partial charge on any atom is 0.352 e. The van der Waals surface area contributed by atoms with Crippen LogP contribution in [0.15, 0.2) is 12.2 Å². The number of allylic oxidation sites excluding steroid dienone is 1. The summed E-state index contributed by atoms with van der Waals surface area (Å²) in [6.07, 6.45) is 4.49. The van der Waals surface area contributed by atoms with Crippen molar-refractivity contribution in [2.45, 2.75) is 26.2 Å². The van der Waals surface area contributed by atoms with E-state index in [1.54, 1.807) is 13.0 Å². The van der Waals surface area contributed by atoms with E-state index < -0.39 is 23.3 Å². The van der Waals surface area contributed by atoms with Crippen LogP contribution in [0, 0.1) is 11.3 Å². The Morgan fingerprint density at radius 3 is 2.62 bits per heavy atom. The average Bonchev–Trinajstić information content (AvgIpc) is 2.36. The first-order chi connectivity index (χ1) is 7.62. The molecule has 6 heteroatoms. The Morgan fingerprint density at radius 1 is 1.44 bits per heavy atom. The second kappa shape index (κ2) is 5.09. The first kappa shape index (κ1) is 12.7. The normalized spacial score (nSPS) is 28.6. The molecule has 90 valence electrons. The molecule has 0 fully saturated rings. The van der Waals surface area contributed by atoms with Crippen molar-refractivity contribution in [2.75, 3.05) is 0 Å². The van der Waals surface area contributed by atoms with Crippen molar-refractivity contribution in [2.24, 2.45) is 11.3 Å². The Balaban J connectivity index is 3.10. The zero-order valence-corrected chi connectivity index (χ0v) is 8.88. The van der Waals surface area contributed by atoms with Crippen LogP contribution in [-0.2, 0) is 19.4 Å². The minimum atomic E-state index is -1.26. The maximum atomic E-state index is 11.5. The summed E-state index contributed by atoms with van der Waals surface area (Å²) < 4.78 is 0. The second-order valence-corrected chi connectivity index (χ2v) is 3.72. The van der Waals surface area contributed by atoms with Gasteiger partial charge in [-0.25, -0.2) is 9.59 Å². The average molecular weight is 230 g/mol. The molecule has 0 saturated carbocycles. The second-order valence-electron chi connectivity index (χ2n) is 3.72. The van der Waals surface area contributed by atoms with Crippen LogP contribution in [-0.4, -0.2) is 22.5 Å². The van der Waals surface area contributed by atoms with E-state index in [-0.39, 0.29) is 6.42 Å². The molecule has 0 radical (unpaired) electrons. The number of carbonyl (C=O) groups excluding carboxylic acids is 2. The van der Waals surface area contributed by atoms with E-state index in [1.165, 1.54) is 6.08 Å². The Kier molecular flexibility index (Phi) is 4.03. The number of rotatable bonds is 3. The maximum absolute atomic E-state index is 11.5. The Bertz CT molecular complexity index is 310. The van der Waals surface area contributed by atoms with Crippen LogP contribution in [0.5, 0.6) is 0 Å².